The molecule has 0 aromatic heterocycles. The van der Waals surface area contributed by atoms with Gasteiger partial charge in [0.1, 0.15) is 5.75 Å². The normalized spacial score (nSPS) is 11.7. The number of methoxy groups -OCH3 is 1. The number of carbonyl (C=O) groups is 2. The van der Waals surface area contributed by atoms with Gasteiger partial charge in [-0.1, -0.05) is 6.07 Å². The van der Waals surface area contributed by atoms with Crippen molar-refractivity contribution in [3.8, 4) is 5.75 Å². The van der Waals surface area contributed by atoms with E-state index in [-0.39, 0.29) is 11.3 Å². The highest BCUT2D eigenvalue weighted by Gasteiger charge is 2.21. The van der Waals surface area contributed by atoms with Crippen LogP contribution in [0.25, 0.3) is 0 Å². The van der Waals surface area contributed by atoms with Gasteiger partial charge in [-0.25, -0.2) is 4.79 Å². The molecule has 18 heavy (non-hydrogen) atoms. The first-order valence-corrected chi connectivity index (χ1v) is 5.28. The molecule has 0 aliphatic heterocycles. The fraction of sp³-hybridized carbons (Fsp3) is 0.333. The van der Waals surface area contributed by atoms with Crippen LogP contribution in [0.5, 0.6) is 5.75 Å². The predicted molar refractivity (Wildman–Crippen MR) is 63.2 cm³/mol. The number of carbonyl (C=O) groups excluding carboxylic acids is 2. The molecule has 0 fully saturated rings. The fourth-order valence-corrected chi connectivity index (χ4v) is 1.31. The Labute approximate surface area is 104 Å². The van der Waals surface area contributed by atoms with Crippen molar-refractivity contribution in [1.82, 2.24) is 5.32 Å². The van der Waals surface area contributed by atoms with E-state index in [4.69, 9.17) is 5.11 Å². The summed E-state index contributed by atoms with van der Waals surface area (Å²) in [6.07, 6.45) is 0. The van der Waals surface area contributed by atoms with Crippen LogP contribution in [0.3, 0.4) is 0 Å². The van der Waals surface area contributed by atoms with E-state index in [0.29, 0.717) is 5.56 Å². The first kappa shape index (κ1) is 14.0. The molecule has 6 heteroatoms. The minimum Gasteiger partial charge on any atom is -0.508 e. The molecular weight excluding hydrogens is 238 g/mol. The van der Waals surface area contributed by atoms with Crippen LogP contribution < -0.4 is 5.32 Å². The van der Waals surface area contributed by atoms with Gasteiger partial charge < -0.3 is 20.3 Å². The summed E-state index contributed by atoms with van der Waals surface area (Å²) >= 11 is 0. The average Bonchev–Trinajstić information content (AvgIpc) is 2.37. The summed E-state index contributed by atoms with van der Waals surface area (Å²) < 4.78 is 4.42. The number of aryl methyl sites for hydroxylation is 1. The summed E-state index contributed by atoms with van der Waals surface area (Å²) in [6, 6.07) is 3.26. The maximum atomic E-state index is 11.8. The quantitative estimate of drug-likeness (QED) is 0.654. The second-order valence-corrected chi connectivity index (χ2v) is 3.73. The number of aromatic hydroxyl groups is 1. The lowest BCUT2D eigenvalue weighted by Crippen LogP contribution is -2.44. The zero-order valence-electron chi connectivity index (χ0n) is 10.1. The zero-order chi connectivity index (χ0) is 13.7. The molecular formula is C12H15NO5. The van der Waals surface area contributed by atoms with Gasteiger partial charge in [0.15, 0.2) is 6.04 Å². The summed E-state index contributed by atoms with van der Waals surface area (Å²) in [4.78, 5) is 22.9. The number of hydrogen-bond acceptors (Lipinski definition) is 5. The van der Waals surface area contributed by atoms with Crippen molar-refractivity contribution in [3.05, 3.63) is 29.3 Å². The topological polar surface area (TPSA) is 95.9 Å². The highest BCUT2D eigenvalue weighted by atomic mass is 16.5. The van der Waals surface area contributed by atoms with Gasteiger partial charge in [0.25, 0.3) is 5.91 Å². The molecule has 0 saturated carbocycles. The van der Waals surface area contributed by atoms with E-state index in [9.17, 15) is 14.7 Å². The van der Waals surface area contributed by atoms with Gasteiger partial charge in [-0.3, -0.25) is 4.79 Å². The Balaban J connectivity index is 2.81. The molecule has 0 heterocycles. The van der Waals surface area contributed by atoms with Crippen LogP contribution in [0.2, 0.25) is 0 Å². The van der Waals surface area contributed by atoms with Crippen LogP contribution >= 0.6 is 0 Å². The third-order valence-corrected chi connectivity index (χ3v) is 2.44. The number of amides is 1. The Morgan fingerprint density at radius 1 is 1.44 bits per heavy atom. The smallest absolute Gasteiger partial charge is 0.330 e. The molecule has 0 aliphatic carbocycles. The molecule has 1 atom stereocenters. The van der Waals surface area contributed by atoms with Crippen LogP contribution in [0.15, 0.2) is 18.2 Å². The lowest BCUT2D eigenvalue weighted by molar-refractivity contribution is -0.143. The van der Waals surface area contributed by atoms with Crippen molar-refractivity contribution in [2.45, 2.75) is 13.0 Å². The predicted octanol–water partition coefficient (Wildman–Crippen LogP) is -0.0357. The van der Waals surface area contributed by atoms with Crippen LogP contribution in [0.4, 0.5) is 0 Å². The SMILES string of the molecule is COC(=O)C(CO)NC(=O)c1ccc(C)c(O)c1. The van der Waals surface area contributed by atoms with Crippen LogP contribution in [-0.4, -0.2) is 41.8 Å². The molecule has 1 amide bonds. The van der Waals surface area contributed by atoms with Gasteiger partial charge in [-0.05, 0) is 24.6 Å². The van der Waals surface area contributed by atoms with Crippen molar-refractivity contribution in [2.75, 3.05) is 13.7 Å². The monoisotopic (exact) mass is 253 g/mol. The summed E-state index contributed by atoms with van der Waals surface area (Å²) in [7, 11) is 1.16. The van der Waals surface area contributed by atoms with Crippen molar-refractivity contribution in [3.63, 3.8) is 0 Å². The third kappa shape index (κ3) is 3.21. The maximum Gasteiger partial charge on any atom is 0.330 e. The highest BCUT2D eigenvalue weighted by Crippen LogP contribution is 2.17. The Kier molecular flexibility index (Phi) is 4.67. The summed E-state index contributed by atoms with van der Waals surface area (Å²) in [5, 5.41) is 20.7. The van der Waals surface area contributed by atoms with E-state index >= 15 is 0 Å². The molecule has 1 aromatic carbocycles. The minimum atomic E-state index is -1.12. The number of nitrogens with one attached hydrogen (secondary N) is 1. The van der Waals surface area contributed by atoms with Crippen molar-refractivity contribution in [1.29, 1.82) is 0 Å². The number of benzene rings is 1. The van der Waals surface area contributed by atoms with Crippen molar-refractivity contribution < 1.29 is 24.5 Å². The largest absolute Gasteiger partial charge is 0.508 e. The molecule has 0 bridgehead atoms. The standard InChI is InChI=1S/C12H15NO5/c1-7-3-4-8(5-10(7)15)11(16)13-9(6-14)12(17)18-2/h3-5,9,14-15H,6H2,1-2H3,(H,13,16). The van der Waals surface area contributed by atoms with Crippen molar-refractivity contribution in [2.24, 2.45) is 0 Å². The van der Waals surface area contributed by atoms with Gasteiger partial charge in [-0.15, -0.1) is 0 Å². The first-order chi connectivity index (χ1) is 8.49. The van der Waals surface area contributed by atoms with Gasteiger partial charge in [0, 0.05) is 5.56 Å². The summed E-state index contributed by atoms with van der Waals surface area (Å²) in [5.74, 6) is -1.32. The van der Waals surface area contributed by atoms with Gasteiger partial charge in [0.05, 0.1) is 13.7 Å². The molecule has 1 rings (SSSR count). The van der Waals surface area contributed by atoms with E-state index in [2.05, 4.69) is 10.1 Å². The highest BCUT2D eigenvalue weighted by molar-refractivity contribution is 5.97. The second kappa shape index (κ2) is 6.02. The lowest BCUT2D eigenvalue weighted by atomic mass is 10.1. The number of aliphatic hydroxyl groups is 1. The van der Waals surface area contributed by atoms with Gasteiger partial charge in [0.2, 0.25) is 0 Å². The average molecular weight is 253 g/mol. The van der Waals surface area contributed by atoms with Crippen LogP contribution in [0, 0.1) is 6.92 Å². The Morgan fingerprint density at radius 3 is 2.61 bits per heavy atom. The number of phenols is 1. The maximum absolute atomic E-state index is 11.8. The zero-order valence-corrected chi connectivity index (χ0v) is 10.1. The molecule has 6 nitrogen and oxygen atoms in total. The number of ether oxygens (including phenoxy) is 1. The molecule has 0 aliphatic rings. The van der Waals surface area contributed by atoms with E-state index in [0.717, 1.165) is 7.11 Å². The molecule has 0 radical (unpaired) electrons. The Morgan fingerprint density at radius 2 is 2.11 bits per heavy atom. The molecule has 0 spiro atoms. The second-order valence-electron chi connectivity index (χ2n) is 3.73. The first-order valence-electron chi connectivity index (χ1n) is 5.28. The molecule has 1 aromatic rings. The molecule has 1 unspecified atom stereocenters. The van der Waals surface area contributed by atoms with E-state index in [1.807, 2.05) is 0 Å². The minimum absolute atomic E-state index is 0.0127. The van der Waals surface area contributed by atoms with Crippen LogP contribution in [0.1, 0.15) is 15.9 Å². The number of hydrogen-bond donors (Lipinski definition) is 3. The molecule has 0 saturated heterocycles. The summed E-state index contributed by atoms with van der Waals surface area (Å²) in [5.41, 5.74) is 0.832. The third-order valence-electron chi connectivity index (χ3n) is 2.44. The molecule has 3 N–H and O–H groups in total. The van der Waals surface area contributed by atoms with E-state index in [1.165, 1.54) is 12.1 Å². The number of rotatable bonds is 4. The Bertz CT molecular complexity index is 458. The van der Waals surface area contributed by atoms with Gasteiger partial charge in [-0.2, -0.15) is 0 Å². The number of phenolic OH excluding ortho intramolecular Hbond substituents is 1. The molecule has 98 valence electrons. The van der Waals surface area contributed by atoms with Crippen molar-refractivity contribution >= 4 is 11.9 Å². The number of esters is 1. The fourth-order valence-electron chi connectivity index (χ4n) is 1.31. The van der Waals surface area contributed by atoms with Gasteiger partial charge >= 0.3 is 5.97 Å². The van der Waals surface area contributed by atoms with E-state index in [1.54, 1.807) is 13.0 Å². The summed E-state index contributed by atoms with van der Waals surface area (Å²) in [6.45, 7) is 1.14. The Hall–Kier alpha value is -2.08. The lowest BCUT2D eigenvalue weighted by Gasteiger charge is -2.14. The number of aliphatic hydroxyl groups excluding tert-OH is 1. The van der Waals surface area contributed by atoms with E-state index < -0.39 is 24.5 Å². The van der Waals surface area contributed by atoms with Crippen LogP contribution in [-0.2, 0) is 9.53 Å².